The van der Waals surface area contributed by atoms with Crippen LogP contribution in [0.5, 0.6) is 0 Å². The van der Waals surface area contributed by atoms with Crippen molar-refractivity contribution < 1.29 is 5.11 Å². The van der Waals surface area contributed by atoms with Crippen LogP contribution in [0, 0.1) is 13.8 Å². The molecule has 0 aromatic carbocycles. The lowest BCUT2D eigenvalue weighted by atomic mass is 10.2. The summed E-state index contributed by atoms with van der Waals surface area (Å²) in [6.45, 7) is 6.34. The second kappa shape index (κ2) is 4.58. The third kappa shape index (κ3) is 2.97. The Morgan fingerprint density at radius 3 is 2.69 bits per heavy atom. The summed E-state index contributed by atoms with van der Waals surface area (Å²) < 4.78 is 0. The molecule has 1 atom stereocenters. The zero-order valence-corrected chi connectivity index (χ0v) is 9.11. The van der Waals surface area contributed by atoms with Crippen molar-refractivity contribution in [2.75, 3.05) is 11.9 Å². The van der Waals surface area contributed by atoms with Gasteiger partial charge in [0.1, 0.15) is 0 Å². The number of aliphatic hydroxyl groups is 1. The van der Waals surface area contributed by atoms with Gasteiger partial charge < -0.3 is 10.4 Å². The second-order valence-corrected chi connectivity index (χ2v) is 4.42. The molecule has 0 amide bonds. The Hall–Kier alpha value is -0.610. The quantitative estimate of drug-likeness (QED) is 0.780. The average molecular weight is 200 g/mol. The highest BCUT2D eigenvalue weighted by atomic mass is 32.1. The van der Waals surface area contributed by atoms with Gasteiger partial charge in [-0.3, -0.25) is 0 Å². The lowest BCUT2D eigenvalue weighted by molar-refractivity contribution is 0.282. The monoisotopic (exact) mass is 200 g/mol. The van der Waals surface area contributed by atoms with Crippen molar-refractivity contribution in [3.05, 3.63) is 10.6 Å². The van der Waals surface area contributed by atoms with Crippen LogP contribution in [0.1, 0.15) is 23.9 Å². The molecule has 0 aliphatic heterocycles. The minimum atomic E-state index is 0.220. The van der Waals surface area contributed by atoms with Gasteiger partial charge in [-0.05, 0) is 27.2 Å². The number of hydrogen-bond donors (Lipinski definition) is 2. The minimum Gasteiger partial charge on any atom is -0.396 e. The number of aryl methyl sites for hydroxylation is 2. The summed E-state index contributed by atoms with van der Waals surface area (Å²) in [6, 6.07) is 0.287. The molecule has 0 aliphatic rings. The van der Waals surface area contributed by atoms with Gasteiger partial charge in [0.15, 0.2) is 5.13 Å². The van der Waals surface area contributed by atoms with E-state index >= 15 is 0 Å². The molecule has 0 fully saturated rings. The largest absolute Gasteiger partial charge is 0.396 e. The molecule has 1 aromatic heterocycles. The van der Waals surface area contributed by atoms with Gasteiger partial charge in [-0.25, -0.2) is 4.98 Å². The molecule has 1 heterocycles. The van der Waals surface area contributed by atoms with E-state index in [2.05, 4.69) is 17.2 Å². The molecule has 0 saturated heterocycles. The molecule has 0 saturated carbocycles. The molecule has 0 bridgehead atoms. The number of hydrogen-bond acceptors (Lipinski definition) is 4. The number of rotatable bonds is 4. The number of nitrogens with one attached hydrogen (secondary N) is 1. The summed E-state index contributed by atoms with van der Waals surface area (Å²) in [4.78, 5) is 5.61. The minimum absolute atomic E-state index is 0.220. The summed E-state index contributed by atoms with van der Waals surface area (Å²) in [5.41, 5.74) is 1.09. The van der Waals surface area contributed by atoms with Crippen LogP contribution < -0.4 is 5.32 Å². The van der Waals surface area contributed by atoms with E-state index in [0.717, 1.165) is 17.2 Å². The Morgan fingerprint density at radius 1 is 1.54 bits per heavy atom. The van der Waals surface area contributed by atoms with Crippen molar-refractivity contribution in [2.45, 2.75) is 33.2 Å². The summed E-state index contributed by atoms with van der Waals surface area (Å²) in [6.07, 6.45) is 0.762. The van der Waals surface area contributed by atoms with E-state index in [1.54, 1.807) is 11.3 Å². The predicted molar refractivity (Wildman–Crippen MR) is 56.4 cm³/mol. The molecule has 1 unspecified atom stereocenters. The van der Waals surface area contributed by atoms with Gasteiger partial charge in [0, 0.05) is 17.5 Å². The van der Waals surface area contributed by atoms with Crippen molar-refractivity contribution in [3.63, 3.8) is 0 Å². The maximum absolute atomic E-state index is 8.72. The standard InChI is InChI=1S/C9H16N2OS/c1-6(4-5-12)10-9-11-7(2)8(3)13-9/h6,12H,4-5H2,1-3H3,(H,10,11). The Morgan fingerprint density at radius 2 is 2.23 bits per heavy atom. The van der Waals surface area contributed by atoms with Gasteiger partial charge in [-0.1, -0.05) is 0 Å². The maximum Gasteiger partial charge on any atom is 0.183 e. The topological polar surface area (TPSA) is 45.2 Å². The number of aromatic nitrogens is 1. The molecule has 1 rings (SSSR count). The number of anilines is 1. The molecular weight excluding hydrogens is 184 g/mol. The van der Waals surface area contributed by atoms with E-state index < -0.39 is 0 Å². The number of nitrogens with zero attached hydrogens (tertiary/aromatic N) is 1. The van der Waals surface area contributed by atoms with E-state index in [1.807, 2.05) is 13.8 Å². The molecule has 13 heavy (non-hydrogen) atoms. The highest BCUT2D eigenvalue weighted by Crippen LogP contribution is 2.21. The van der Waals surface area contributed by atoms with Gasteiger partial charge in [-0.15, -0.1) is 11.3 Å². The first-order valence-electron chi connectivity index (χ1n) is 4.45. The summed E-state index contributed by atoms with van der Waals surface area (Å²) in [5.74, 6) is 0. The van der Waals surface area contributed by atoms with E-state index in [4.69, 9.17) is 5.11 Å². The van der Waals surface area contributed by atoms with Crippen LogP contribution in [0.15, 0.2) is 0 Å². The van der Waals surface area contributed by atoms with Crippen LogP contribution >= 0.6 is 11.3 Å². The van der Waals surface area contributed by atoms with E-state index in [9.17, 15) is 0 Å². The zero-order valence-electron chi connectivity index (χ0n) is 8.29. The summed E-state index contributed by atoms with van der Waals surface area (Å²) in [5, 5.41) is 12.9. The molecular formula is C9H16N2OS. The van der Waals surface area contributed by atoms with Crippen molar-refractivity contribution >= 4 is 16.5 Å². The molecule has 4 heteroatoms. The number of aliphatic hydroxyl groups excluding tert-OH is 1. The lowest BCUT2D eigenvalue weighted by Gasteiger charge is -2.10. The van der Waals surface area contributed by atoms with Crippen LogP contribution in [-0.4, -0.2) is 22.7 Å². The smallest absolute Gasteiger partial charge is 0.183 e. The van der Waals surface area contributed by atoms with Gasteiger partial charge in [0.05, 0.1) is 5.69 Å². The first-order chi connectivity index (χ1) is 6.13. The Labute approximate surface area is 82.8 Å². The maximum atomic E-state index is 8.72. The van der Waals surface area contributed by atoms with Crippen molar-refractivity contribution in [3.8, 4) is 0 Å². The average Bonchev–Trinajstić information content (AvgIpc) is 2.31. The first kappa shape index (κ1) is 10.5. The van der Waals surface area contributed by atoms with Crippen molar-refractivity contribution in [1.82, 2.24) is 4.98 Å². The molecule has 2 N–H and O–H groups in total. The van der Waals surface area contributed by atoms with E-state index in [1.165, 1.54) is 4.88 Å². The van der Waals surface area contributed by atoms with Crippen molar-refractivity contribution in [1.29, 1.82) is 0 Å². The Balaban J connectivity index is 2.53. The molecule has 0 aliphatic carbocycles. The van der Waals surface area contributed by atoms with Crippen LogP contribution in [0.2, 0.25) is 0 Å². The van der Waals surface area contributed by atoms with Gasteiger partial charge in [0.2, 0.25) is 0 Å². The van der Waals surface area contributed by atoms with Crippen LogP contribution in [0.25, 0.3) is 0 Å². The van der Waals surface area contributed by atoms with Crippen molar-refractivity contribution in [2.24, 2.45) is 0 Å². The molecule has 0 spiro atoms. The molecule has 74 valence electrons. The van der Waals surface area contributed by atoms with Crippen LogP contribution in [-0.2, 0) is 0 Å². The van der Waals surface area contributed by atoms with Gasteiger partial charge in [-0.2, -0.15) is 0 Å². The summed E-state index contributed by atoms with van der Waals surface area (Å²) >= 11 is 1.66. The third-order valence-corrected chi connectivity index (χ3v) is 2.96. The van der Waals surface area contributed by atoms with Gasteiger partial charge in [0.25, 0.3) is 0 Å². The zero-order chi connectivity index (χ0) is 9.84. The van der Waals surface area contributed by atoms with Crippen LogP contribution in [0.4, 0.5) is 5.13 Å². The van der Waals surface area contributed by atoms with E-state index in [0.29, 0.717) is 0 Å². The highest BCUT2D eigenvalue weighted by Gasteiger charge is 2.06. The SMILES string of the molecule is Cc1nc(NC(C)CCO)sc1C. The fourth-order valence-electron chi connectivity index (χ4n) is 1.01. The third-order valence-electron chi connectivity index (χ3n) is 1.96. The fourth-order valence-corrected chi connectivity index (χ4v) is 1.94. The lowest BCUT2D eigenvalue weighted by Crippen LogP contribution is -2.16. The molecule has 0 radical (unpaired) electrons. The second-order valence-electron chi connectivity index (χ2n) is 3.22. The highest BCUT2D eigenvalue weighted by molar-refractivity contribution is 7.15. The molecule has 3 nitrogen and oxygen atoms in total. The first-order valence-corrected chi connectivity index (χ1v) is 5.26. The fraction of sp³-hybridized carbons (Fsp3) is 0.667. The Bertz CT molecular complexity index is 253. The van der Waals surface area contributed by atoms with Crippen LogP contribution in [0.3, 0.4) is 0 Å². The van der Waals surface area contributed by atoms with Gasteiger partial charge >= 0.3 is 0 Å². The van der Waals surface area contributed by atoms with E-state index in [-0.39, 0.29) is 12.6 Å². The number of thiazole rings is 1. The normalized spacial score (nSPS) is 12.9. The summed E-state index contributed by atoms with van der Waals surface area (Å²) in [7, 11) is 0. The Kier molecular flexibility index (Phi) is 3.69. The molecule has 1 aromatic rings. The predicted octanol–water partition coefficient (Wildman–Crippen LogP) is 1.94.